The first-order valence-corrected chi connectivity index (χ1v) is 16.9. The van der Waals surface area contributed by atoms with E-state index in [2.05, 4.69) is 23.8 Å². The number of ether oxygens (including phenoxy) is 1. The summed E-state index contributed by atoms with van der Waals surface area (Å²) in [5.74, 6) is -3.18. The van der Waals surface area contributed by atoms with Crippen LogP contribution in [-0.2, 0) is 37.9 Å². The molecule has 3 rings (SSSR count). The first kappa shape index (κ1) is 46.4. The summed E-state index contributed by atoms with van der Waals surface area (Å²) in [6.07, 6.45) is -10.8. The molecule has 1 fully saturated rings. The lowest BCUT2D eigenvalue weighted by Gasteiger charge is -2.29. The van der Waals surface area contributed by atoms with Gasteiger partial charge in [-0.1, -0.05) is 32.0 Å². The lowest BCUT2D eigenvalue weighted by atomic mass is 10.0. The Labute approximate surface area is 306 Å². The Morgan fingerprint density at radius 3 is 1.94 bits per heavy atom. The number of alkyl halides is 6. The highest BCUT2D eigenvalue weighted by Gasteiger charge is 2.45. The predicted octanol–water partition coefficient (Wildman–Crippen LogP) is 5.59. The van der Waals surface area contributed by atoms with Gasteiger partial charge in [0.25, 0.3) is 0 Å². The molecule has 1 aliphatic heterocycles. The van der Waals surface area contributed by atoms with Crippen LogP contribution in [0.2, 0.25) is 0 Å². The molecule has 0 spiro atoms. The van der Waals surface area contributed by atoms with E-state index in [9.17, 15) is 45.5 Å². The number of rotatable bonds is 11. The van der Waals surface area contributed by atoms with Gasteiger partial charge in [0, 0.05) is 44.8 Å². The summed E-state index contributed by atoms with van der Waals surface area (Å²) in [7, 11) is 0. The summed E-state index contributed by atoms with van der Waals surface area (Å²) in [6.45, 7) is 15.2. The summed E-state index contributed by atoms with van der Waals surface area (Å²) in [5, 5.41) is 4.81. The molecule has 11 nitrogen and oxygen atoms in total. The molecule has 0 saturated carbocycles. The van der Waals surface area contributed by atoms with Crippen molar-refractivity contribution in [2.24, 2.45) is 17.4 Å². The molecule has 0 aromatic heterocycles. The monoisotopic (exact) mass is 760 g/mol. The van der Waals surface area contributed by atoms with Gasteiger partial charge in [-0.25, -0.2) is 4.79 Å². The van der Waals surface area contributed by atoms with Crippen LogP contribution in [0.3, 0.4) is 0 Å². The van der Waals surface area contributed by atoms with E-state index in [1.165, 1.54) is 11.0 Å². The van der Waals surface area contributed by atoms with Crippen LogP contribution in [0.25, 0.3) is 0 Å². The zero-order valence-electron chi connectivity index (χ0n) is 30.6. The maximum absolute atomic E-state index is 13.8. The van der Waals surface area contributed by atoms with Crippen molar-refractivity contribution in [1.29, 1.82) is 0 Å². The molecule has 1 heterocycles. The maximum Gasteiger partial charge on any atom is 0.416 e. The van der Waals surface area contributed by atoms with Crippen LogP contribution in [0.15, 0.2) is 61.7 Å². The van der Waals surface area contributed by atoms with Crippen molar-refractivity contribution >= 4 is 29.5 Å². The molecular formula is C36H50F6N6O5. The lowest BCUT2D eigenvalue weighted by Crippen LogP contribution is -2.53. The third kappa shape index (κ3) is 14.4. The molecule has 0 radical (unpaired) electrons. The second-order valence-corrected chi connectivity index (χ2v) is 12.5. The van der Waals surface area contributed by atoms with Crippen LogP contribution in [-0.4, -0.2) is 84.0 Å². The molecule has 53 heavy (non-hydrogen) atoms. The number of nitrogens with one attached hydrogen (secondary N) is 2. The van der Waals surface area contributed by atoms with Gasteiger partial charge < -0.3 is 31.7 Å². The predicted molar refractivity (Wildman–Crippen MR) is 189 cm³/mol. The molecule has 296 valence electrons. The summed E-state index contributed by atoms with van der Waals surface area (Å²) in [4.78, 5) is 56.4. The first-order chi connectivity index (χ1) is 24.7. The molecule has 3 unspecified atom stereocenters. The van der Waals surface area contributed by atoms with Crippen molar-refractivity contribution in [3.05, 3.63) is 78.4 Å². The molecule has 1 aliphatic rings. The van der Waals surface area contributed by atoms with Crippen molar-refractivity contribution in [1.82, 2.24) is 15.1 Å². The number of amides is 4. The summed E-state index contributed by atoms with van der Waals surface area (Å²) < 4.78 is 84.9. The maximum atomic E-state index is 13.8. The van der Waals surface area contributed by atoms with E-state index < -0.39 is 70.9 Å². The number of likely N-dealkylation sites (tertiary alicyclic amines) is 1. The van der Waals surface area contributed by atoms with Crippen molar-refractivity contribution in [2.75, 3.05) is 38.0 Å². The quantitative estimate of drug-likeness (QED) is 0.172. The van der Waals surface area contributed by atoms with Crippen LogP contribution >= 0.6 is 0 Å². The fourth-order valence-corrected chi connectivity index (χ4v) is 5.23. The fourth-order valence-electron chi connectivity index (χ4n) is 5.23. The number of halogens is 6. The molecule has 17 heteroatoms. The molecule has 0 bridgehead atoms. The number of carbonyl (C=O) groups is 4. The van der Waals surface area contributed by atoms with Gasteiger partial charge in [0.1, 0.15) is 17.7 Å². The topological polar surface area (TPSA) is 160 Å². The van der Waals surface area contributed by atoms with Crippen molar-refractivity contribution < 1.29 is 50.3 Å². The zero-order chi connectivity index (χ0) is 40.7. The van der Waals surface area contributed by atoms with Crippen LogP contribution < -0.4 is 22.1 Å². The molecular weight excluding hydrogens is 710 g/mol. The van der Waals surface area contributed by atoms with Gasteiger partial charge in [0.2, 0.25) is 17.7 Å². The Morgan fingerprint density at radius 2 is 1.45 bits per heavy atom. The van der Waals surface area contributed by atoms with Crippen molar-refractivity contribution in [3.8, 4) is 0 Å². The second kappa shape index (κ2) is 20.6. The molecule has 2 aromatic rings. The lowest BCUT2D eigenvalue weighted by molar-refractivity contribution is -0.138. The Kier molecular flexibility index (Phi) is 18.0. The highest BCUT2D eigenvalue weighted by Crippen LogP contribution is 2.32. The Balaban J connectivity index is 0.00000339. The van der Waals surface area contributed by atoms with Gasteiger partial charge in [-0.3, -0.25) is 19.3 Å². The largest absolute Gasteiger partial charge is 0.444 e. The van der Waals surface area contributed by atoms with E-state index in [0.717, 1.165) is 41.3 Å². The van der Waals surface area contributed by atoms with Gasteiger partial charge in [-0.05, 0) is 63.1 Å². The number of carbonyl (C=O) groups excluding carboxylic acids is 4. The molecule has 6 N–H and O–H groups in total. The standard InChI is InChI=1S/C32H40F6N6O5.C2H6.C2H4/c1-30(2,3)49-29(48)44-18-20(28(47)43(13-11-39)14-12-40)16-25(44)27(46)42-24(15-19-7-9-21(10-8-19)31(33,34)35)26(45)41-23-6-4-5-22(17-23)32(36,37)38;2*1-2/h4-10,17,20,24-25H,11-16,18,39-40H2,1-3H3,(H,41,45)(H,42,46);1-2H3;1-2H2. The number of nitrogens with zero attached hydrogens (tertiary/aromatic N) is 2. The van der Waals surface area contributed by atoms with Gasteiger partial charge in [0.05, 0.1) is 17.0 Å². The third-order valence-corrected chi connectivity index (χ3v) is 7.50. The van der Waals surface area contributed by atoms with Crippen LogP contribution in [0.1, 0.15) is 57.7 Å². The molecule has 0 aliphatic carbocycles. The van der Waals surface area contributed by atoms with E-state index >= 15 is 0 Å². The summed E-state index contributed by atoms with van der Waals surface area (Å²) >= 11 is 0. The molecule has 3 atom stereocenters. The average molecular weight is 761 g/mol. The molecule has 2 aromatic carbocycles. The summed E-state index contributed by atoms with van der Waals surface area (Å²) in [5.41, 5.74) is 8.21. The fraction of sp³-hybridized carbons (Fsp3) is 0.500. The van der Waals surface area contributed by atoms with Crippen LogP contribution in [0.4, 0.5) is 36.8 Å². The normalized spacial score (nSPS) is 16.2. The zero-order valence-corrected chi connectivity index (χ0v) is 30.6. The molecule has 1 saturated heterocycles. The minimum Gasteiger partial charge on any atom is -0.444 e. The Morgan fingerprint density at radius 1 is 0.906 bits per heavy atom. The SMILES string of the molecule is C=C.CC.CC(C)(C)OC(=O)N1CC(C(=O)N(CCN)CCN)CC1C(=O)NC(Cc1ccc(C(F)(F)F)cc1)C(=O)Nc1cccc(C(F)(F)F)c1. The van der Waals surface area contributed by atoms with E-state index in [1.807, 2.05) is 13.8 Å². The van der Waals surface area contributed by atoms with Gasteiger partial charge in [-0.2, -0.15) is 26.3 Å². The highest BCUT2D eigenvalue weighted by molar-refractivity contribution is 5.99. The number of hydrogen-bond acceptors (Lipinski definition) is 7. The van der Waals surface area contributed by atoms with E-state index in [-0.39, 0.29) is 56.8 Å². The van der Waals surface area contributed by atoms with E-state index in [4.69, 9.17) is 16.2 Å². The third-order valence-electron chi connectivity index (χ3n) is 7.50. The first-order valence-electron chi connectivity index (χ1n) is 16.9. The van der Waals surface area contributed by atoms with E-state index in [0.29, 0.717) is 6.07 Å². The number of hydrogen-bond donors (Lipinski definition) is 4. The van der Waals surface area contributed by atoms with Gasteiger partial charge >= 0.3 is 18.4 Å². The number of nitrogens with two attached hydrogens (primary N) is 2. The van der Waals surface area contributed by atoms with Gasteiger partial charge in [0.15, 0.2) is 0 Å². The average Bonchev–Trinajstić information content (AvgIpc) is 3.54. The van der Waals surface area contributed by atoms with Crippen LogP contribution in [0, 0.1) is 5.92 Å². The van der Waals surface area contributed by atoms with Crippen molar-refractivity contribution in [2.45, 2.75) is 77.5 Å². The van der Waals surface area contributed by atoms with Crippen molar-refractivity contribution in [3.63, 3.8) is 0 Å². The van der Waals surface area contributed by atoms with Gasteiger partial charge in [-0.15, -0.1) is 13.2 Å². The minimum absolute atomic E-state index is 0.130. The number of benzene rings is 2. The van der Waals surface area contributed by atoms with Crippen LogP contribution in [0.5, 0.6) is 0 Å². The molecule has 4 amide bonds. The minimum atomic E-state index is -4.72. The smallest absolute Gasteiger partial charge is 0.416 e. The summed E-state index contributed by atoms with van der Waals surface area (Å²) in [6, 6.07) is 4.61. The van der Waals surface area contributed by atoms with E-state index in [1.54, 1.807) is 20.8 Å². The Bertz CT molecular complexity index is 1490. The Hall–Kier alpha value is -4.64. The second-order valence-electron chi connectivity index (χ2n) is 12.5. The highest BCUT2D eigenvalue weighted by atomic mass is 19.4. The number of anilines is 1.